The summed E-state index contributed by atoms with van der Waals surface area (Å²) < 4.78 is 10.3. The predicted molar refractivity (Wildman–Crippen MR) is 46.9 cm³/mol. The van der Waals surface area contributed by atoms with Crippen LogP contribution in [-0.2, 0) is 18.0 Å². The Balaban J connectivity index is 2.53. The summed E-state index contributed by atoms with van der Waals surface area (Å²) in [5.41, 5.74) is 2.79. The fourth-order valence-electron chi connectivity index (χ4n) is 1.49. The molecule has 0 bridgehead atoms. The van der Waals surface area contributed by atoms with E-state index in [9.17, 15) is 4.79 Å². The normalized spacial score (nSPS) is 13.9. The van der Waals surface area contributed by atoms with Gasteiger partial charge in [-0.15, -0.1) is 0 Å². The van der Waals surface area contributed by atoms with E-state index in [4.69, 9.17) is 9.47 Å². The largest absolute Gasteiger partial charge is 0.496 e. The van der Waals surface area contributed by atoms with Crippen molar-refractivity contribution in [3.05, 3.63) is 28.8 Å². The lowest BCUT2D eigenvalue weighted by Gasteiger charge is -2.05. The van der Waals surface area contributed by atoms with Crippen molar-refractivity contribution in [3.8, 4) is 5.75 Å². The van der Waals surface area contributed by atoms with Crippen molar-refractivity contribution in [2.45, 2.75) is 13.2 Å². The molecule has 0 aliphatic carbocycles. The highest BCUT2D eigenvalue weighted by Crippen LogP contribution is 2.27. The summed E-state index contributed by atoms with van der Waals surface area (Å²) >= 11 is 0. The average Bonchev–Trinajstić information content (AvgIpc) is 2.62. The molecule has 68 valence electrons. The fourth-order valence-corrected chi connectivity index (χ4v) is 1.49. The molecule has 3 nitrogen and oxygen atoms in total. The first-order valence-electron chi connectivity index (χ1n) is 4.08. The number of carbonyl (C=O) groups excluding carboxylic acids is 1. The zero-order valence-electron chi connectivity index (χ0n) is 7.37. The Hall–Kier alpha value is -1.35. The van der Waals surface area contributed by atoms with E-state index < -0.39 is 0 Å². The molecule has 1 heterocycles. The zero-order chi connectivity index (χ0) is 9.26. The number of hydrogen-bond acceptors (Lipinski definition) is 3. The molecule has 1 aromatic rings. The van der Waals surface area contributed by atoms with Crippen LogP contribution >= 0.6 is 0 Å². The number of fused-ring (bicyclic) bond motifs is 1. The van der Waals surface area contributed by atoms with E-state index in [0.29, 0.717) is 24.5 Å². The van der Waals surface area contributed by atoms with E-state index in [0.717, 1.165) is 17.4 Å². The van der Waals surface area contributed by atoms with Gasteiger partial charge in [0.05, 0.1) is 25.9 Å². The Bertz CT molecular complexity index is 344. The quantitative estimate of drug-likeness (QED) is 0.644. The summed E-state index contributed by atoms with van der Waals surface area (Å²) in [6.45, 7) is 1.21. The molecular weight excluding hydrogens is 168 g/mol. The Kier molecular flexibility index (Phi) is 2.02. The van der Waals surface area contributed by atoms with Crippen LogP contribution in [0.4, 0.5) is 0 Å². The van der Waals surface area contributed by atoms with Crippen molar-refractivity contribution < 1.29 is 14.3 Å². The Labute approximate surface area is 76.3 Å². The molecule has 0 atom stereocenters. The molecule has 1 aliphatic rings. The van der Waals surface area contributed by atoms with Gasteiger partial charge in [-0.05, 0) is 23.3 Å². The van der Waals surface area contributed by atoms with Gasteiger partial charge in [-0.2, -0.15) is 0 Å². The molecule has 0 spiro atoms. The third-order valence-electron chi connectivity index (χ3n) is 2.19. The maximum absolute atomic E-state index is 10.7. The number of methoxy groups -OCH3 is 1. The summed E-state index contributed by atoms with van der Waals surface area (Å²) in [6.07, 6.45) is 0.803. The topological polar surface area (TPSA) is 35.5 Å². The van der Waals surface area contributed by atoms with Crippen molar-refractivity contribution in [1.29, 1.82) is 0 Å². The standard InChI is InChI=1S/C10H10O3/c1-12-10-3-9-6-13-5-8(9)2-7(10)4-11/h2-4H,5-6H2,1H3. The van der Waals surface area contributed by atoms with Crippen LogP contribution in [0.1, 0.15) is 21.5 Å². The van der Waals surface area contributed by atoms with Crippen LogP contribution in [0.2, 0.25) is 0 Å². The Morgan fingerprint density at radius 2 is 2.08 bits per heavy atom. The second kappa shape index (κ2) is 3.18. The van der Waals surface area contributed by atoms with Crippen LogP contribution in [0, 0.1) is 0 Å². The molecule has 0 saturated carbocycles. The molecule has 2 rings (SSSR count). The van der Waals surface area contributed by atoms with Gasteiger partial charge in [-0.1, -0.05) is 0 Å². The lowest BCUT2D eigenvalue weighted by Crippen LogP contribution is -1.93. The van der Waals surface area contributed by atoms with Gasteiger partial charge in [-0.3, -0.25) is 4.79 Å². The van der Waals surface area contributed by atoms with Gasteiger partial charge in [0.2, 0.25) is 0 Å². The summed E-state index contributed by atoms with van der Waals surface area (Å²) in [4.78, 5) is 10.7. The van der Waals surface area contributed by atoms with Crippen molar-refractivity contribution in [2.24, 2.45) is 0 Å². The highest BCUT2D eigenvalue weighted by molar-refractivity contribution is 5.80. The number of hydrogen-bond donors (Lipinski definition) is 0. The highest BCUT2D eigenvalue weighted by Gasteiger charge is 2.14. The second-order valence-electron chi connectivity index (χ2n) is 2.97. The van der Waals surface area contributed by atoms with Gasteiger partial charge in [0.15, 0.2) is 6.29 Å². The lowest BCUT2D eigenvalue weighted by atomic mass is 10.1. The van der Waals surface area contributed by atoms with E-state index in [1.165, 1.54) is 0 Å². The Morgan fingerprint density at radius 3 is 2.69 bits per heavy atom. The number of carbonyl (C=O) groups is 1. The van der Waals surface area contributed by atoms with Crippen LogP contribution in [0.25, 0.3) is 0 Å². The maximum atomic E-state index is 10.7. The number of benzene rings is 1. The molecule has 3 heteroatoms. The Morgan fingerprint density at radius 1 is 1.38 bits per heavy atom. The first-order valence-corrected chi connectivity index (χ1v) is 4.08. The molecule has 0 fully saturated rings. The number of aldehydes is 1. The van der Waals surface area contributed by atoms with Crippen LogP contribution in [0.3, 0.4) is 0 Å². The van der Waals surface area contributed by atoms with Crippen molar-refractivity contribution in [2.75, 3.05) is 7.11 Å². The minimum absolute atomic E-state index is 0.590. The fraction of sp³-hybridized carbons (Fsp3) is 0.300. The molecule has 1 aromatic carbocycles. The van der Waals surface area contributed by atoms with Crippen molar-refractivity contribution in [1.82, 2.24) is 0 Å². The molecular formula is C10H10O3. The molecule has 0 radical (unpaired) electrons. The average molecular weight is 178 g/mol. The smallest absolute Gasteiger partial charge is 0.153 e. The molecule has 0 amide bonds. The highest BCUT2D eigenvalue weighted by atomic mass is 16.5. The summed E-state index contributed by atoms with van der Waals surface area (Å²) in [7, 11) is 1.56. The summed E-state index contributed by atoms with van der Waals surface area (Å²) in [5, 5.41) is 0. The summed E-state index contributed by atoms with van der Waals surface area (Å²) in [6, 6.07) is 3.69. The SMILES string of the molecule is COc1cc2c(cc1C=O)COC2. The van der Waals surface area contributed by atoms with Crippen LogP contribution < -0.4 is 4.74 Å². The number of ether oxygens (including phenoxy) is 2. The zero-order valence-corrected chi connectivity index (χ0v) is 7.37. The minimum atomic E-state index is 0.590. The van der Waals surface area contributed by atoms with Gasteiger partial charge in [0.25, 0.3) is 0 Å². The van der Waals surface area contributed by atoms with Gasteiger partial charge in [-0.25, -0.2) is 0 Å². The predicted octanol–water partition coefficient (Wildman–Crippen LogP) is 1.54. The van der Waals surface area contributed by atoms with Crippen molar-refractivity contribution in [3.63, 3.8) is 0 Å². The second-order valence-corrected chi connectivity index (χ2v) is 2.97. The molecule has 0 unspecified atom stereocenters. The molecule has 0 aromatic heterocycles. The summed E-state index contributed by atoms with van der Waals surface area (Å²) in [5.74, 6) is 0.624. The lowest BCUT2D eigenvalue weighted by molar-refractivity contribution is 0.112. The molecule has 13 heavy (non-hydrogen) atoms. The first-order chi connectivity index (χ1) is 6.35. The van der Waals surface area contributed by atoms with Crippen molar-refractivity contribution >= 4 is 6.29 Å². The van der Waals surface area contributed by atoms with Crippen LogP contribution in [-0.4, -0.2) is 13.4 Å². The van der Waals surface area contributed by atoms with E-state index >= 15 is 0 Å². The maximum Gasteiger partial charge on any atom is 0.153 e. The van der Waals surface area contributed by atoms with Gasteiger partial charge in [0.1, 0.15) is 5.75 Å². The van der Waals surface area contributed by atoms with Crippen LogP contribution in [0.15, 0.2) is 12.1 Å². The number of rotatable bonds is 2. The molecule has 0 saturated heterocycles. The molecule has 1 aliphatic heterocycles. The van der Waals surface area contributed by atoms with E-state index in [1.54, 1.807) is 7.11 Å². The third kappa shape index (κ3) is 1.31. The minimum Gasteiger partial charge on any atom is -0.496 e. The van der Waals surface area contributed by atoms with Gasteiger partial charge in [0, 0.05) is 0 Å². The van der Waals surface area contributed by atoms with Gasteiger partial charge >= 0.3 is 0 Å². The van der Waals surface area contributed by atoms with E-state index in [1.807, 2.05) is 12.1 Å². The third-order valence-corrected chi connectivity index (χ3v) is 2.19. The monoisotopic (exact) mass is 178 g/mol. The van der Waals surface area contributed by atoms with E-state index in [2.05, 4.69) is 0 Å². The van der Waals surface area contributed by atoms with Gasteiger partial charge < -0.3 is 9.47 Å². The first kappa shape index (κ1) is 8.26. The van der Waals surface area contributed by atoms with Crippen LogP contribution in [0.5, 0.6) is 5.75 Å². The van der Waals surface area contributed by atoms with E-state index in [-0.39, 0.29) is 0 Å². The molecule has 0 N–H and O–H groups in total.